The van der Waals surface area contributed by atoms with Crippen molar-refractivity contribution in [2.24, 2.45) is 0 Å². The largest absolute Gasteiger partial charge is 0.366 e. The van der Waals surface area contributed by atoms with Crippen LogP contribution >= 0.6 is 0 Å². The second-order valence-corrected chi connectivity index (χ2v) is 5.25. The first kappa shape index (κ1) is 10.4. The van der Waals surface area contributed by atoms with Crippen molar-refractivity contribution < 1.29 is 4.74 Å². The number of morpholine rings is 1. The second-order valence-electron chi connectivity index (χ2n) is 5.25. The lowest BCUT2D eigenvalue weighted by molar-refractivity contribution is -0.166. The van der Waals surface area contributed by atoms with Crippen LogP contribution in [0.3, 0.4) is 0 Å². The molecule has 2 fully saturated rings. The van der Waals surface area contributed by atoms with Gasteiger partial charge in [0.1, 0.15) is 0 Å². The molecule has 0 aromatic carbocycles. The average molecular weight is 198 g/mol. The molecule has 2 aliphatic rings. The van der Waals surface area contributed by atoms with E-state index in [0.717, 1.165) is 32.6 Å². The highest BCUT2D eigenvalue weighted by Gasteiger charge is 2.40. The highest BCUT2D eigenvalue weighted by atomic mass is 16.5. The first-order chi connectivity index (χ1) is 6.62. The number of hydrogen-bond acceptors (Lipinski definition) is 3. The molecule has 0 saturated carbocycles. The van der Waals surface area contributed by atoms with Crippen molar-refractivity contribution in [3.05, 3.63) is 0 Å². The van der Waals surface area contributed by atoms with Crippen LogP contribution in [-0.2, 0) is 4.74 Å². The predicted octanol–water partition coefficient (Wildman–Crippen LogP) is 0.897. The van der Waals surface area contributed by atoms with Crippen molar-refractivity contribution in [3.8, 4) is 0 Å². The summed E-state index contributed by atoms with van der Waals surface area (Å²) in [6.07, 6.45) is 3.57. The SMILES string of the molecule is CC1(C)CNCC2(CCCNCC2)O1. The van der Waals surface area contributed by atoms with Crippen molar-refractivity contribution in [2.75, 3.05) is 26.2 Å². The Kier molecular flexibility index (Phi) is 2.82. The molecule has 14 heavy (non-hydrogen) atoms. The number of rotatable bonds is 0. The first-order valence-electron chi connectivity index (χ1n) is 5.74. The summed E-state index contributed by atoms with van der Waals surface area (Å²) in [5, 5.41) is 6.95. The standard InChI is InChI=1S/C11H22N2O/c1-10(2)8-13-9-11(14-10)4-3-6-12-7-5-11/h12-13H,3-9H2,1-2H3. The monoisotopic (exact) mass is 198 g/mol. The van der Waals surface area contributed by atoms with E-state index in [9.17, 15) is 0 Å². The van der Waals surface area contributed by atoms with Crippen LogP contribution in [0.2, 0.25) is 0 Å². The van der Waals surface area contributed by atoms with Crippen LogP contribution in [-0.4, -0.2) is 37.4 Å². The molecule has 82 valence electrons. The van der Waals surface area contributed by atoms with Crippen LogP contribution < -0.4 is 10.6 Å². The Bertz CT molecular complexity index is 195. The van der Waals surface area contributed by atoms with Gasteiger partial charge >= 0.3 is 0 Å². The number of ether oxygens (including phenoxy) is 1. The Morgan fingerprint density at radius 2 is 1.86 bits per heavy atom. The minimum atomic E-state index is 0.00257. The van der Waals surface area contributed by atoms with E-state index in [1.54, 1.807) is 0 Å². The van der Waals surface area contributed by atoms with Gasteiger partial charge in [-0.25, -0.2) is 0 Å². The predicted molar refractivity (Wildman–Crippen MR) is 57.5 cm³/mol. The maximum Gasteiger partial charge on any atom is 0.0826 e. The zero-order chi connectivity index (χ0) is 10.1. The molecule has 0 aliphatic carbocycles. The molecule has 0 radical (unpaired) electrons. The molecule has 0 amide bonds. The lowest BCUT2D eigenvalue weighted by Gasteiger charge is -2.45. The summed E-state index contributed by atoms with van der Waals surface area (Å²) in [5.41, 5.74) is 0.105. The van der Waals surface area contributed by atoms with Gasteiger partial charge in [0.2, 0.25) is 0 Å². The Morgan fingerprint density at radius 1 is 1.00 bits per heavy atom. The zero-order valence-electron chi connectivity index (χ0n) is 9.36. The molecule has 0 aromatic heterocycles. The molecule has 3 nitrogen and oxygen atoms in total. The van der Waals surface area contributed by atoms with E-state index >= 15 is 0 Å². The highest BCUT2D eigenvalue weighted by molar-refractivity contribution is 4.94. The maximum absolute atomic E-state index is 6.28. The van der Waals surface area contributed by atoms with Crippen molar-refractivity contribution in [3.63, 3.8) is 0 Å². The third-order valence-corrected chi connectivity index (χ3v) is 3.23. The van der Waals surface area contributed by atoms with Gasteiger partial charge in [-0.15, -0.1) is 0 Å². The first-order valence-corrected chi connectivity index (χ1v) is 5.74. The van der Waals surface area contributed by atoms with E-state index in [1.165, 1.54) is 12.8 Å². The summed E-state index contributed by atoms with van der Waals surface area (Å²) in [5.74, 6) is 0. The molecule has 0 bridgehead atoms. The molecule has 2 saturated heterocycles. The van der Waals surface area contributed by atoms with Gasteiger partial charge in [-0.1, -0.05) is 0 Å². The van der Waals surface area contributed by atoms with E-state index < -0.39 is 0 Å². The number of hydrogen-bond donors (Lipinski definition) is 2. The molecular formula is C11H22N2O. The van der Waals surface area contributed by atoms with E-state index in [-0.39, 0.29) is 11.2 Å². The topological polar surface area (TPSA) is 33.3 Å². The fourth-order valence-electron chi connectivity index (χ4n) is 2.63. The fraction of sp³-hybridized carbons (Fsp3) is 1.00. The molecule has 2 heterocycles. The minimum absolute atomic E-state index is 0.00257. The molecule has 1 atom stereocenters. The second kappa shape index (κ2) is 3.80. The lowest BCUT2D eigenvalue weighted by Crippen LogP contribution is -2.58. The smallest absolute Gasteiger partial charge is 0.0826 e. The van der Waals surface area contributed by atoms with Crippen LogP contribution in [0.4, 0.5) is 0 Å². The van der Waals surface area contributed by atoms with Gasteiger partial charge in [-0.3, -0.25) is 0 Å². The van der Waals surface area contributed by atoms with Crippen LogP contribution in [0.15, 0.2) is 0 Å². The molecule has 2 N–H and O–H groups in total. The summed E-state index contributed by atoms with van der Waals surface area (Å²) in [6.45, 7) is 8.60. The molecule has 1 unspecified atom stereocenters. The van der Waals surface area contributed by atoms with Crippen molar-refractivity contribution >= 4 is 0 Å². The van der Waals surface area contributed by atoms with Gasteiger partial charge in [0.25, 0.3) is 0 Å². The van der Waals surface area contributed by atoms with Gasteiger partial charge in [-0.2, -0.15) is 0 Å². The highest BCUT2D eigenvalue weighted by Crippen LogP contribution is 2.31. The molecule has 0 aromatic rings. The minimum Gasteiger partial charge on any atom is -0.366 e. The summed E-state index contributed by atoms with van der Waals surface area (Å²) in [6, 6.07) is 0. The lowest BCUT2D eigenvalue weighted by atomic mass is 9.90. The molecular weight excluding hydrogens is 176 g/mol. The van der Waals surface area contributed by atoms with E-state index in [4.69, 9.17) is 4.74 Å². The van der Waals surface area contributed by atoms with Crippen LogP contribution in [0, 0.1) is 0 Å². The van der Waals surface area contributed by atoms with Gasteiger partial charge in [0.05, 0.1) is 11.2 Å². The van der Waals surface area contributed by atoms with E-state index in [0.29, 0.717) is 0 Å². The fourth-order valence-corrected chi connectivity index (χ4v) is 2.63. The Balaban J connectivity index is 2.05. The van der Waals surface area contributed by atoms with Gasteiger partial charge < -0.3 is 15.4 Å². The van der Waals surface area contributed by atoms with Crippen molar-refractivity contribution in [1.29, 1.82) is 0 Å². The Morgan fingerprint density at radius 3 is 2.64 bits per heavy atom. The van der Waals surface area contributed by atoms with Gasteiger partial charge in [-0.05, 0) is 46.2 Å². The van der Waals surface area contributed by atoms with E-state index in [1.807, 2.05) is 0 Å². The normalized spacial score (nSPS) is 38.1. The van der Waals surface area contributed by atoms with Crippen molar-refractivity contribution in [2.45, 2.75) is 44.3 Å². The summed E-state index contributed by atoms with van der Waals surface area (Å²) in [7, 11) is 0. The quantitative estimate of drug-likeness (QED) is 0.606. The Hall–Kier alpha value is -0.120. The van der Waals surface area contributed by atoms with Crippen LogP contribution in [0.5, 0.6) is 0 Å². The zero-order valence-corrected chi connectivity index (χ0v) is 9.36. The van der Waals surface area contributed by atoms with Crippen LogP contribution in [0.1, 0.15) is 33.1 Å². The Labute approximate surface area is 86.6 Å². The average Bonchev–Trinajstić information content (AvgIpc) is 2.29. The maximum atomic E-state index is 6.28. The molecule has 2 aliphatic heterocycles. The summed E-state index contributed by atoms with van der Waals surface area (Å²) < 4.78 is 6.28. The third kappa shape index (κ3) is 2.27. The molecule has 3 heteroatoms. The van der Waals surface area contributed by atoms with Crippen LogP contribution in [0.25, 0.3) is 0 Å². The van der Waals surface area contributed by atoms with Gasteiger partial charge in [0, 0.05) is 13.1 Å². The number of nitrogens with one attached hydrogen (secondary N) is 2. The van der Waals surface area contributed by atoms with E-state index in [2.05, 4.69) is 24.5 Å². The summed E-state index contributed by atoms with van der Waals surface area (Å²) >= 11 is 0. The third-order valence-electron chi connectivity index (χ3n) is 3.23. The van der Waals surface area contributed by atoms with Crippen molar-refractivity contribution in [1.82, 2.24) is 10.6 Å². The summed E-state index contributed by atoms with van der Waals surface area (Å²) in [4.78, 5) is 0. The molecule has 2 rings (SSSR count). The molecule has 1 spiro atoms. The van der Waals surface area contributed by atoms with Gasteiger partial charge in [0.15, 0.2) is 0 Å².